The number of rotatable bonds is 6. The number of ether oxygens (including phenoxy) is 1. The quantitative estimate of drug-likeness (QED) is 0.706. The molecule has 5 heteroatoms. The largest absolute Gasteiger partial charge is 0.481 e. The molecular weight excluding hydrogens is 210 g/mol. The second-order valence-electron chi connectivity index (χ2n) is 4.11. The van der Waals surface area contributed by atoms with Crippen molar-refractivity contribution in [1.82, 2.24) is 5.32 Å². The van der Waals surface area contributed by atoms with Crippen LogP contribution in [0.3, 0.4) is 0 Å². The van der Waals surface area contributed by atoms with Crippen molar-refractivity contribution in [2.75, 3.05) is 19.8 Å². The van der Waals surface area contributed by atoms with Gasteiger partial charge in [-0.25, -0.2) is 0 Å². The van der Waals surface area contributed by atoms with E-state index in [1.807, 2.05) is 0 Å². The molecule has 1 aliphatic heterocycles. The number of amides is 1. The number of nitrogens with one attached hydrogen (secondary N) is 1. The predicted molar refractivity (Wildman–Crippen MR) is 58.0 cm³/mol. The third-order valence-electron chi connectivity index (χ3n) is 2.72. The van der Waals surface area contributed by atoms with Gasteiger partial charge in [0.15, 0.2) is 0 Å². The van der Waals surface area contributed by atoms with Gasteiger partial charge < -0.3 is 15.2 Å². The van der Waals surface area contributed by atoms with Crippen LogP contribution in [0.25, 0.3) is 0 Å². The standard InChI is InChI=1S/C11H19NO4/c13-10(2-1-3-11(14)15)12-8-9-4-6-16-7-5-9/h9H,1-8H2,(H,12,13)(H,14,15). The van der Waals surface area contributed by atoms with E-state index in [9.17, 15) is 9.59 Å². The SMILES string of the molecule is O=C(O)CCCC(=O)NCC1CCOCC1. The molecule has 0 aromatic rings. The molecule has 0 spiro atoms. The van der Waals surface area contributed by atoms with Gasteiger partial charge >= 0.3 is 5.97 Å². The third-order valence-corrected chi connectivity index (χ3v) is 2.72. The van der Waals surface area contributed by atoms with Crippen molar-refractivity contribution < 1.29 is 19.4 Å². The van der Waals surface area contributed by atoms with E-state index in [0.717, 1.165) is 26.1 Å². The molecule has 0 bridgehead atoms. The van der Waals surface area contributed by atoms with Crippen LogP contribution in [0.4, 0.5) is 0 Å². The van der Waals surface area contributed by atoms with Crippen molar-refractivity contribution in [3.8, 4) is 0 Å². The highest BCUT2D eigenvalue weighted by molar-refractivity contribution is 5.76. The van der Waals surface area contributed by atoms with Gasteiger partial charge in [0.1, 0.15) is 0 Å². The average molecular weight is 229 g/mol. The van der Waals surface area contributed by atoms with Crippen LogP contribution < -0.4 is 5.32 Å². The van der Waals surface area contributed by atoms with Crippen molar-refractivity contribution in [3.63, 3.8) is 0 Å². The van der Waals surface area contributed by atoms with E-state index in [1.54, 1.807) is 0 Å². The van der Waals surface area contributed by atoms with Gasteiger partial charge in [-0.15, -0.1) is 0 Å². The third kappa shape index (κ3) is 5.70. The molecule has 0 aromatic heterocycles. The molecule has 1 rings (SSSR count). The fraction of sp³-hybridized carbons (Fsp3) is 0.818. The molecule has 1 saturated heterocycles. The van der Waals surface area contributed by atoms with Crippen molar-refractivity contribution in [2.45, 2.75) is 32.1 Å². The molecule has 2 N–H and O–H groups in total. The summed E-state index contributed by atoms with van der Waals surface area (Å²) in [7, 11) is 0. The van der Waals surface area contributed by atoms with E-state index in [1.165, 1.54) is 0 Å². The van der Waals surface area contributed by atoms with E-state index >= 15 is 0 Å². The van der Waals surface area contributed by atoms with E-state index < -0.39 is 5.97 Å². The molecule has 1 fully saturated rings. The van der Waals surface area contributed by atoms with Gasteiger partial charge in [0.05, 0.1) is 0 Å². The predicted octanol–water partition coefficient (Wildman–Crippen LogP) is 0.784. The first-order chi connectivity index (χ1) is 7.68. The van der Waals surface area contributed by atoms with Gasteiger partial charge in [0.2, 0.25) is 5.91 Å². The van der Waals surface area contributed by atoms with Gasteiger partial charge in [-0.2, -0.15) is 0 Å². The first-order valence-corrected chi connectivity index (χ1v) is 5.74. The van der Waals surface area contributed by atoms with Crippen LogP contribution in [0.15, 0.2) is 0 Å². The number of carbonyl (C=O) groups is 2. The Morgan fingerprint density at radius 3 is 2.56 bits per heavy atom. The van der Waals surface area contributed by atoms with Crippen LogP contribution >= 0.6 is 0 Å². The lowest BCUT2D eigenvalue weighted by Gasteiger charge is -2.22. The summed E-state index contributed by atoms with van der Waals surface area (Å²) in [5.41, 5.74) is 0. The van der Waals surface area contributed by atoms with Crippen LogP contribution in [-0.2, 0) is 14.3 Å². The van der Waals surface area contributed by atoms with Gasteiger partial charge in [-0.1, -0.05) is 0 Å². The minimum Gasteiger partial charge on any atom is -0.481 e. The molecule has 5 nitrogen and oxygen atoms in total. The van der Waals surface area contributed by atoms with E-state index in [4.69, 9.17) is 9.84 Å². The Morgan fingerprint density at radius 1 is 1.25 bits per heavy atom. The Bertz CT molecular complexity index is 236. The summed E-state index contributed by atoms with van der Waals surface area (Å²) < 4.78 is 5.22. The lowest BCUT2D eigenvalue weighted by molar-refractivity contribution is -0.137. The Kier molecular flexibility index (Phi) is 5.85. The zero-order valence-electron chi connectivity index (χ0n) is 9.41. The molecule has 1 amide bonds. The Morgan fingerprint density at radius 2 is 1.94 bits per heavy atom. The monoisotopic (exact) mass is 229 g/mol. The van der Waals surface area contributed by atoms with Crippen LogP contribution in [0.1, 0.15) is 32.1 Å². The van der Waals surface area contributed by atoms with Crippen LogP contribution in [0, 0.1) is 5.92 Å². The summed E-state index contributed by atoms with van der Waals surface area (Å²) in [4.78, 5) is 21.6. The van der Waals surface area contributed by atoms with Crippen molar-refractivity contribution in [1.29, 1.82) is 0 Å². The smallest absolute Gasteiger partial charge is 0.303 e. The molecule has 0 aliphatic carbocycles. The van der Waals surface area contributed by atoms with Crippen LogP contribution in [0.5, 0.6) is 0 Å². The van der Waals surface area contributed by atoms with Crippen molar-refractivity contribution in [3.05, 3.63) is 0 Å². The topological polar surface area (TPSA) is 75.6 Å². The lowest BCUT2D eigenvalue weighted by Crippen LogP contribution is -2.32. The molecule has 0 saturated carbocycles. The van der Waals surface area contributed by atoms with E-state index in [-0.39, 0.29) is 12.3 Å². The molecule has 16 heavy (non-hydrogen) atoms. The summed E-state index contributed by atoms with van der Waals surface area (Å²) in [6.45, 7) is 2.24. The van der Waals surface area contributed by atoms with Crippen molar-refractivity contribution in [2.24, 2.45) is 5.92 Å². The molecule has 92 valence electrons. The normalized spacial score (nSPS) is 17.0. The molecule has 0 atom stereocenters. The van der Waals surface area contributed by atoms with Gasteiger partial charge in [0.25, 0.3) is 0 Å². The Labute approximate surface area is 95.2 Å². The first kappa shape index (κ1) is 13.0. The number of carboxylic acids is 1. The molecule has 0 aromatic carbocycles. The molecule has 1 aliphatic rings. The van der Waals surface area contributed by atoms with Crippen LogP contribution in [-0.4, -0.2) is 36.7 Å². The zero-order chi connectivity index (χ0) is 11.8. The van der Waals surface area contributed by atoms with E-state index in [0.29, 0.717) is 25.3 Å². The summed E-state index contributed by atoms with van der Waals surface area (Å²) in [5.74, 6) is -0.387. The summed E-state index contributed by atoms with van der Waals surface area (Å²) in [6.07, 6.45) is 2.76. The Balaban J connectivity index is 2.02. The van der Waals surface area contributed by atoms with Gasteiger partial charge in [-0.05, 0) is 25.2 Å². The summed E-state index contributed by atoms with van der Waals surface area (Å²) in [5, 5.41) is 11.3. The maximum absolute atomic E-state index is 11.3. The average Bonchev–Trinajstić information content (AvgIpc) is 2.27. The first-order valence-electron chi connectivity index (χ1n) is 5.74. The molecule has 1 heterocycles. The lowest BCUT2D eigenvalue weighted by atomic mass is 10.0. The molecule has 0 radical (unpaired) electrons. The molecular formula is C11H19NO4. The summed E-state index contributed by atoms with van der Waals surface area (Å²) in [6, 6.07) is 0. The van der Waals surface area contributed by atoms with Crippen molar-refractivity contribution >= 4 is 11.9 Å². The number of aliphatic carboxylic acids is 1. The minimum absolute atomic E-state index is 0.0484. The maximum Gasteiger partial charge on any atom is 0.303 e. The van der Waals surface area contributed by atoms with Crippen LogP contribution in [0.2, 0.25) is 0 Å². The fourth-order valence-corrected chi connectivity index (χ4v) is 1.70. The minimum atomic E-state index is -0.850. The second-order valence-corrected chi connectivity index (χ2v) is 4.11. The second kappa shape index (κ2) is 7.22. The summed E-state index contributed by atoms with van der Waals surface area (Å²) >= 11 is 0. The number of hydrogen-bond acceptors (Lipinski definition) is 3. The molecule has 0 unspecified atom stereocenters. The number of hydrogen-bond donors (Lipinski definition) is 2. The van der Waals surface area contributed by atoms with Gasteiger partial charge in [-0.3, -0.25) is 9.59 Å². The van der Waals surface area contributed by atoms with E-state index in [2.05, 4.69) is 5.32 Å². The number of carboxylic acid groups (broad SMARTS) is 1. The number of carbonyl (C=O) groups excluding carboxylic acids is 1. The highest BCUT2D eigenvalue weighted by Crippen LogP contribution is 2.13. The fourth-order valence-electron chi connectivity index (χ4n) is 1.70. The highest BCUT2D eigenvalue weighted by Gasteiger charge is 2.14. The zero-order valence-corrected chi connectivity index (χ0v) is 9.41. The van der Waals surface area contributed by atoms with Gasteiger partial charge in [0, 0.05) is 32.6 Å². The Hall–Kier alpha value is -1.10. The highest BCUT2D eigenvalue weighted by atomic mass is 16.5. The maximum atomic E-state index is 11.3.